The van der Waals surface area contributed by atoms with Gasteiger partial charge >= 0.3 is 6.09 Å². The van der Waals surface area contributed by atoms with Gasteiger partial charge in [-0.3, -0.25) is 4.79 Å². The van der Waals surface area contributed by atoms with Crippen molar-refractivity contribution in [1.82, 2.24) is 34.7 Å². The van der Waals surface area contributed by atoms with E-state index in [-0.39, 0.29) is 18.0 Å². The Morgan fingerprint density at radius 2 is 1.74 bits per heavy atom. The van der Waals surface area contributed by atoms with Crippen LogP contribution in [0, 0.1) is 11.8 Å². The summed E-state index contributed by atoms with van der Waals surface area (Å²) in [6.45, 7) is 11.3. The summed E-state index contributed by atoms with van der Waals surface area (Å²) in [4.78, 5) is 43.1. The first kappa shape index (κ1) is 38.4. The smallest absolute Gasteiger partial charge is 0.407 e. The predicted octanol–water partition coefficient (Wildman–Crippen LogP) is 10.0. The number of ether oxygens (including phenoxy) is 2. The van der Waals surface area contributed by atoms with Gasteiger partial charge in [0.15, 0.2) is 6.23 Å². The molecule has 57 heavy (non-hydrogen) atoms. The molecule has 1 saturated carbocycles. The predicted molar refractivity (Wildman–Crippen MR) is 216 cm³/mol. The fourth-order valence-electron chi connectivity index (χ4n) is 9.29. The van der Waals surface area contributed by atoms with Crippen LogP contribution in [0.3, 0.4) is 0 Å². The molecular formula is C44H51F2N7O4. The van der Waals surface area contributed by atoms with E-state index in [9.17, 15) is 18.4 Å². The van der Waals surface area contributed by atoms with E-state index in [1.807, 2.05) is 30.5 Å². The maximum absolute atomic E-state index is 15.0. The molecule has 13 heteroatoms. The highest BCUT2D eigenvalue weighted by molar-refractivity contribution is 6.01. The zero-order valence-corrected chi connectivity index (χ0v) is 33.2. The number of benzene rings is 2. The monoisotopic (exact) mass is 779 g/mol. The van der Waals surface area contributed by atoms with Gasteiger partial charge in [-0.1, -0.05) is 71.7 Å². The third-order valence-electron chi connectivity index (χ3n) is 12.2. The molecule has 3 N–H and O–H groups in total. The van der Waals surface area contributed by atoms with Crippen molar-refractivity contribution in [3.63, 3.8) is 0 Å². The zero-order valence-electron chi connectivity index (χ0n) is 33.2. The van der Waals surface area contributed by atoms with Gasteiger partial charge in [0.05, 0.1) is 54.7 Å². The number of alkyl halides is 2. The molecule has 2 fully saturated rings. The lowest BCUT2D eigenvalue weighted by atomic mass is 9.77. The molecule has 5 aromatic rings. The fourth-order valence-corrected chi connectivity index (χ4v) is 9.29. The van der Waals surface area contributed by atoms with E-state index in [0.29, 0.717) is 29.7 Å². The van der Waals surface area contributed by atoms with Crippen LogP contribution in [0.2, 0.25) is 0 Å². The fraction of sp³-hybridized carbons (Fsp3) is 0.455. The van der Waals surface area contributed by atoms with Gasteiger partial charge in [0.25, 0.3) is 5.92 Å². The Balaban J connectivity index is 1.11. The van der Waals surface area contributed by atoms with Crippen molar-refractivity contribution in [2.45, 2.75) is 103 Å². The number of aromatic nitrogens is 5. The van der Waals surface area contributed by atoms with Crippen LogP contribution in [0.15, 0.2) is 55.4 Å². The Morgan fingerprint density at radius 3 is 2.44 bits per heavy atom. The molecule has 2 aliphatic heterocycles. The van der Waals surface area contributed by atoms with Crippen molar-refractivity contribution in [2.75, 3.05) is 13.7 Å². The molecule has 5 atom stereocenters. The number of amides is 2. The van der Waals surface area contributed by atoms with Crippen LogP contribution in [-0.2, 0) is 9.53 Å². The number of nitrogens with one attached hydrogen (secondary N) is 3. The van der Waals surface area contributed by atoms with Crippen molar-refractivity contribution < 1.29 is 27.8 Å². The quantitative estimate of drug-likeness (QED) is 0.129. The molecule has 5 heterocycles. The summed E-state index contributed by atoms with van der Waals surface area (Å²) >= 11 is 0. The van der Waals surface area contributed by atoms with Gasteiger partial charge in [-0.25, -0.2) is 23.5 Å². The van der Waals surface area contributed by atoms with Crippen molar-refractivity contribution in [3.8, 4) is 39.5 Å². The van der Waals surface area contributed by atoms with Crippen LogP contribution in [0.25, 0.3) is 50.8 Å². The van der Waals surface area contributed by atoms with Gasteiger partial charge in [-0.05, 0) is 48.9 Å². The lowest BCUT2D eigenvalue weighted by Gasteiger charge is -2.30. The van der Waals surface area contributed by atoms with Gasteiger partial charge in [0.1, 0.15) is 23.4 Å². The maximum atomic E-state index is 15.0. The summed E-state index contributed by atoms with van der Waals surface area (Å²) in [5.41, 5.74) is 7.41. The Bertz CT molecular complexity index is 2330. The normalized spacial score (nSPS) is 21.9. The SMILES string of the molecule is C=Cc1c2n(c3ccc(-c4cnc([C@@H]5CCCCC5CC)[nH]4)cc13)C(CC)Oc1cc(-c3cnc([C@@H]4CC(F)(F)CN4C(=O)[C@@H](NC(=O)OC)C(C)C)[nH]3)ccc1-2. The zero-order chi connectivity index (χ0) is 40.2. The number of aromatic amines is 2. The van der Waals surface area contributed by atoms with E-state index < -0.39 is 43.0 Å². The van der Waals surface area contributed by atoms with Crippen LogP contribution >= 0.6 is 0 Å². The highest BCUT2D eigenvalue weighted by atomic mass is 19.3. The average molecular weight is 780 g/mol. The number of H-pyrrole nitrogens is 2. The Labute approximate surface area is 331 Å². The first-order chi connectivity index (χ1) is 27.4. The second kappa shape index (κ2) is 15.1. The number of alkyl carbamates (subject to hydrolysis) is 1. The highest BCUT2D eigenvalue weighted by Crippen LogP contribution is 2.48. The summed E-state index contributed by atoms with van der Waals surface area (Å²) in [5, 5.41) is 3.58. The standard InChI is InChI=1S/C44H51F2N7O4/c1-7-25-12-10-11-13-29(25)40-47-21-32(49-40)26-15-17-34-31(18-26)28(8-2)39-30-16-14-27(19-36(30)57-37(9-3)53(34)39)33-22-48-41(50-33)35-20-44(45,46)23-52(35)42(54)38(24(4)5)51-43(55)56-6/h8,14-19,21-22,24-25,29,35,37-38H,2,7,9-13,20,23H2,1,3-6H3,(H,47,49)(H,48,50)(H,51,55)/t25?,29-,35+,37?,38+/m1/s1. The number of methoxy groups -OCH3 is 1. The molecule has 300 valence electrons. The van der Waals surface area contributed by atoms with E-state index in [4.69, 9.17) is 9.72 Å². The Morgan fingerprint density at radius 1 is 1.04 bits per heavy atom. The molecular weight excluding hydrogens is 729 g/mol. The van der Waals surface area contributed by atoms with E-state index in [1.165, 1.54) is 39.2 Å². The largest absolute Gasteiger partial charge is 0.469 e. The number of carbonyl (C=O) groups excluding carboxylic acids is 2. The minimum atomic E-state index is -3.13. The minimum Gasteiger partial charge on any atom is -0.469 e. The van der Waals surface area contributed by atoms with Crippen molar-refractivity contribution in [1.29, 1.82) is 0 Å². The molecule has 0 bridgehead atoms. The molecule has 11 nitrogen and oxygen atoms in total. The molecule has 3 aliphatic rings. The summed E-state index contributed by atoms with van der Waals surface area (Å²) in [6.07, 6.45) is 10.6. The van der Waals surface area contributed by atoms with Crippen molar-refractivity contribution >= 4 is 29.0 Å². The van der Waals surface area contributed by atoms with Crippen LogP contribution in [0.4, 0.5) is 13.6 Å². The summed E-state index contributed by atoms with van der Waals surface area (Å²) in [7, 11) is 1.19. The topological polar surface area (TPSA) is 130 Å². The van der Waals surface area contributed by atoms with Crippen LogP contribution in [0.5, 0.6) is 5.75 Å². The molecule has 2 amide bonds. The molecule has 0 spiro atoms. The van der Waals surface area contributed by atoms with Gasteiger partial charge in [0, 0.05) is 46.4 Å². The number of hydrogen-bond donors (Lipinski definition) is 3. The van der Waals surface area contributed by atoms with E-state index >= 15 is 0 Å². The molecule has 2 aromatic carbocycles. The lowest BCUT2D eigenvalue weighted by molar-refractivity contribution is -0.136. The highest BCUT2D eigenvalue weighted by Gasteiger charge is 2.50. The second-order valence-corrected chi connectivity index (χ2v) is 16.1. The summed E-state index contributed by atoms with van der Waals surface area (Å²) in [5.74, 6) is -0.988. The number of likely N-dealkylation sites (tertiary alicyclic amines) is 1. The maximum Gasteiger partial charge on any atom is 0.407 e. The third-order valence-corrected chi connectivity index (χ3v) is 12.2. The number of carbonyl (C=O) groups is 2. The molecule has 3 aromatic heterocycles. The average Bonchev–Trinajstić information content (AvgIpc) is 4.03. The number of nitrogens with zero attached hydrogens (tertiary/aromatic N) is 4. The van der Waals surface area contributed by atoms with Crippen molar-refractivity contribution in [2.24, 2.45) is 11.8 Å². The number of hydrogen-bond acceptors (Lipinski definition) is 6. The molecule has 1 aliphatic carbocycles. The Kier molecular flexibility index (Phi) is 10.2. The first-order valence-corrected chi connectivity index (χ1v) is 20.2. The molecule has 0 radical (unpaired) electrons. The van der Waals surface area contributed by atoms with Gasteiger partial charge in [-0.2, -0.15) is 0 Å². The van der Waals surface area contributed by atoms with E-state index in [1.54, 1.807) is 20.0 Å². The summed E-state index contributed by atoms with van der Waals surface area (Å²) < 4.78 is 43.6. The van der Waals surface area contributed by atoms with Crippen LogP contribution in [0.1, 0.15) is 108 Å². The van der Waals surface area contributed by atoms with Crippen molar-refractivity contribution in [3.05, 3.63) is 72.6 Å². The van der Waals surface area contributed by atoms with Gasteiger partial charge in [-0.15, -0.1) is 0 Å². The molecule has 8 rings (SSSR count). The first-order valence-electron chi connectivity index (χ1n) is 20.2. The van der Waals surface area contributed by atoms with E-state index in [0.717, 1.165) is 55.3 Å². The molecule has 1 saturated heterocycles. The van der Waals surface area contributed by atoms with Crippen LogP contribution in [-0.4, -0.2) is 67.0 Å². The number of fused-ring (bicyclic) bond motifs is 5. The van der Waals surface area contributed by atoms with Crippen LogP contribution < -0.4 is 10.1 Å². The van der Waals surface area contributed by atoms with Gasteiger partial charge < -0.3 is 34.2 Å². The van der Waals surface area contributed by atoms with Gasteiger partial charge in [0.2, 0.25) is 5.91 Å². The molecule has 2 unspecified atom stereocenters. The Hall–Kier alpha value is -5.46. The second-order valence-electron chi connectivity index (χ2n) is 16.1. The third kappa shape index (κ3) is 6.88. The van der Waals surface area contributed by atoms with E-state index in [2.05, 4.69) is 68.2 Å². The lowest BCUT2D eigenvalue weighted by Crippen LogP contribution is -2.51. The number of halogens is 2. The number of imidazole rings is 2. The number of rotatable bonds is 10. The minimum absolute atomic E-state index is 0.236. The summed E-state index contributed by atoms with van der Waals surface area (Å²) in [6, 6.07) is 10.4.